The molecule has 1 N–H and O–H groups in total. The van der Waals surface area contributed by atoms with Gasteiger partial charge in [-0.3, -0.25) is 9.59 Å². The smallest absolute Gasteiger partial charge is 0.409 e. The summed E-state index contributed by atoms with van der Waals surface area (Å²) in [6.07, 6.45) is 0.285. The van der Waals surface area contributed by atoms with Crippen molar-refractivity contribution in [1.29, 1.82) is 0 Å². The monoisotopic (exact) mass is 446 g/mol. The zero-order valence-corrected chi connectivity index (χ0v) is 19.1. The van der Waals surface area contributed by atoms with Crippen molar-refractivity contribution < 1.29 is 23.7 Å². The predicted octanol–water partition coefficient (Wildman–Crippen LogP) is 1.20. The van der Waals surface area contributed by atoms with Crippen molar-refractivity contribution in [2.75, 3.05) is 52.4 Å². The number of aromatic amines is 1. The van der Waals surface area contributed by atoms with Gasteiger partial charge in [-0.1, -0.05) is 13.8 Å². The van der Waals surface area contributed by atoms with Crippen LogP contribution in [0.3, 0.4) is 0 Å². The lowest BCUT2D eigenvalue weighted by atomic mass is 10.1. The van der Waals surface area contributed by atoms with Crippen LogP contribution in [0.4, 0.5) is 5.69 Å². The second-order valence-electron chi connectivity index (χ2n) is 8.00. The molecule has 1 aliphatic rings. The lowest BCUT2D eigenvalue weighted by Gasteiger charge is -2.36. The highest BCUT2D eigenvalue weighted by molar-refractivity contribution is 5.94. The molecule has 0 saturated carbocycles. The summed E-state index contributed by atoms with van der Waals surface area (Å²) in [5.74, 6) is 0.756. The molecule has 1 fully saturated rings. The number of benzene rings is 1. The van der Waals surface area contributed by atoms with E-state index in [9.17, 15) is 14.8 Å². The topological polar surface area (TPSA) is 111 Å². The molecule has 2 aromatic rings. The number of amides is 1. The van der Waals surface area contributed by atoms with Crippen LogP contribution in [0, 0.1) is 11.1 Å². The standard InChI is InChI=1S/C22H30N4O6/c1-14(2)12-16-20(27)23-19(22(32-5)26(16)29)21(28)25-10-8-24(9-11-25)15-6-7-17(30-3)18(13-15)31-4/h6-7,13-14H,8-12H2,1-5H3,(H,23,27). The molecule has 0 aliphatic carbocycles. The Morgan fingerprint density at radius 2 is 1.75 bits per heavy atom. The zero-order chi connectivity index (χ0) is 23.4. The molecule has 1 aromatic carbocycles. The Hall–Kier alpha value is -3.43. The average Bonchev–Trinajstić information content (AvgIpc) is 2.80. The number of hydrogen-bond donors (Lipinski definition) is 1. The van der Waals surface area contributed by atoms with E-state index in [-0.39, 0.29) is 29.6 Å². The highest BCUT2D eigenvalue weighted by Crippen LogP contribution is 2.32. The number of methoxy groups -OCH3 is 3. The fraction of sp³-hybridized carbons (Fsp3) is 0.500. The number of carbonyl (C=O) groups excluding carboxylic acids is 1. The largest absolute Gasteiger partial charge is 0.616 e. The maximum Gasteiger partial charge on any atom is 0.409 e. The second-order valence-corrected chi connectivity index (χ2v) is 8.00. The summed E-state index contributed by atoms with van der Waals surface area (Å²) in [5.41, 5.74) is 0.296. The summed E-state index contributed by atoms with van der Waals surface area (Å²) >= 11 is 0. The van der Waals surface area contributed by atoms with Gasteiger partial charge in [-0.25, -0.2) is 0 Å². The molecule has 0 atom stereocenters. The van der Waals surface area contributed by atoms with Gasteiger partial charge in [-0.15, -0.1) is 4.73 Å². The Morgan fingerprint density at radius 3 is 2.31 bits per heavy atom. The van der Waals surface area contributed by atoms with Crippen LogP contribution < -0.4 is 29.4 Å². The number of piperazine rings is 1. The van der Waals surface area contributed by atoms with Gasteiger partial charge in [-0.2, -0.15) is 0 Å². The van der Waals surface area contributed by atoms with Gasteiger partial charge in [0.25, 0.3) is 11.6 Å². The summed E-state index contributed by atoms with van der Waals surface area (Å²) in [7, 11) is 4.48. The lowest BCUT2D eigenvalue weighted by Crippen LogP contribution is -2.50. The highest BCUT2D eigenvalue weighted by Gasteiger charge is 2.32. The van der Waals surface area contributed by atoms with E-state index < -0.39 is 11.5 Å². The maximum atomic E-state index is 13.1. The molecule has 1 aromatic heterocycles. The average molecular weight is 447 g/mol. The van der Waals surface area contributed by atoms with E-state index in [1.165, 1.54) is 7.11 Å². The molecule has 0 unspecified atom stereocenters. The van der Waals surface area contributed by atoms with Crippen molar-refractivity contribution in [3.63, 3.8) is 0 Å². The summed E-state index contributed by atoms with van der Waals surface area (Å²) in [5, 5.41) is 12.7. The maximum absolute atomic E-state index is 13.1. The minimum absolute atomic E-state index is 0.0340. The van der Waals surface area contributed by atoms with E-state index in [1.54, 1.807) is 19.1 Å². The third-order valence-electron chi connectivity index (χ3n) is 5.45. The van der Waals surface area contributed by atoms with Gasteiger partial charge in [0.15, 0.2) is 11.5 Å². The lowest BCUT2D eigenvalue weighted by molar-refractivity contribution is -0.622. The van der Waals surface area contributed by atoms with Crippen LogP contribution in [-0.2, 0) is 6.42 Å². The first-order valence-corrected chi connectivity index (χ1v) is 10.5. The van der Waals surface area contributed by atoms with E-state index in [4.69, 9.17) is 14.2 Å². The number of ether oxygens (including phenoxy) is 3. The fourth-order valence-electron chi connectivity index (χ4n) is 3.80. The summed E-state index contributed by atoms with van der Waals surface area (Å²) in [6, 6.07) is 5.67. The zero-order valence-electron chi connectivity index (χ0n) is 19.1. The molecule has 1 saturated heterocycles. The quantitative estimate of drug-likeness (QED) is 0.502. The third kappa shape index (κ3) is 4.58. The first kappa shape index (κ1) is 23.2. The molecule has 0 bridgehead atoms. The molecule has 174 valence electrons. The molecule has 10 heteroatoms. The second kappa shape index (κ2) is 9.80. The Kier molecular flexibility index (Phi) is 7.12. The first-order valence-electron chi connectivity index (χ1n) is 10.5. The molecule has 2 heterocycles. The number of hydrogen-bond acceptors (Lipinski definition) is 7. The van der Waals surface area contributed by atoms with Gasteiger partial charge < -0.3 is 34.2 Å². The third-order valence-corrected chi connectivity index (χ3v) is 5.45. The predicted molar refractivity (Wildman–Crippen MR) is 119 cm³/mol. The summed E-state index contributed by atoms with van der Waals surface area (Å²) in [6.45, 7) is 5.81. The molecular weight excluding hydrogens is 416 g/mol. The van der Waals surface area contributed by atoms with Crippen LogP contribution in [0.1, 0.15) is 30.0 Å². The van der Waals surface area contributed by atoms with Gasteiger partial charge in [0, 0.05) is 44.4 Å². The molecule has 0 spiro atoms. The molecule has 1 amide bonds. The van der Waals surface area contributed by atoms with Gasteiger partial charge in [0.05, 0.1) is 21.3 Å². The normalized spacial score (nSPS) is 13.9. The van der Waals surface area contributed by atoms with Gasteiger partial charge in [-0.05, 0) is 18.1 Å². The molecule has 3 rings (SSSR count). The molecular formula is C22H30N4O6. The van der Waals surface area contributed by atoms with E-state index in [1.807, 2.05) is 32.0 Å². The van der Waals surface area contributed by atoms with Crippen molar-refractivity contribution in [2.45, 2.75) is 20.3 Å². The Labute approximate surface area is 186 Å². The SMILES string of the molecule is COc1ccc(N2CCN(C(=O)c3[nH]c(=O)c(CC(C)C)[n+]([O-])c3OC)CC2)cc1OC. The Balaban J connectivity index is 1.78. The minimum Gasteiger partial charge on any atom is -0.616 e. The van der Waals surface area contributed by atoms with E-state index >= 15 is 0 Å². The van der Waals surface area contributed by atoms with Crippen molar-refractivity contribution in [2.24, 2.45) is 5.92 Å². The number of rotatable bonds is 7. The Bertz CT molecular complexity index is 1030. The molecule has 10 nitrogen and oxygen atoms in total. The van der Waals surface area contributed by atoms with Crippen LogP contribution in [0.25, 0.3) is 0 Å². The number of nitrogens with zero attached hydrogens (tertiary/aromatic N) is 3. The number of carbonyl (C=O) groups is 1. The van der Waals surface area contributed by atoms with Gasteiger partial charge in [0.1, 0.15) is 0 Å². The number of aromatic nitrogens is 2. The van der Waals surface area contributed by atoms with Crippen LogP contribution in [0.15, 0.2) is 23.0 Å². The van der Waals surface area contributed by atoms with E-state index in [0.717, 1.165) is 5.69 Å². The van der Waals surface area contributed by atoms with Crippen molar-refractivity contribution in [3.05, 3.63) is 45.1 Å². The van der Waals surface area contributed by atoms with E-state index in [2.05, 4.69) is 9.88 Å². The van der Waals surface area contributed by atoms with Crippen molar-refractivity contribution >= 4 is 11.6 Å². The fourth-order valence-corrected chi connectivity index (χ4v) is 3.80. The molecule has 32 heavy (non-hydrogen) atoms. The molecule has 1 aliphatic heterocycles. The van der Waals surface area contributed by atoms with Crippen molar-refractivity contribution in [3.8, 4) is 17.4 Å². The van der Waals surface area contributed by atoms with Crippen LogP contribution in [-0.4, -0.2) is 63.3 Å². The number of H-pyrrole nitrogens is 1. The number of anilines is 1. The van der Waals surface area contributed by atoms with Crippen LogP contribution in [0.5, 0.6) is 17.4 Å². The van der Waals surface area contributed by atoms with Gasteiger partial charge in [0.2, 0.25) is 5.69 Å². The first-order chi connectivity index (χ1) is 15.3. The minimum atomic E-state index is -0.568. The van der Waals surface area contributed by atoms with Gasteiger partial charge >= 0.3 is 11.4 Å². The van der Waals surface area contributed by atoms with Crippen molar-refractivity contribution in [1.82, 2.24) is 9.88 Å². The van der Waals surface area contributed by atoms with Crippen LogP contribution in [0.2, 0.25) is 0 Å². The molecule has 0 radical (unpaired) electrons. The van der Waals surface area contributed by atoms with E-state index in [0.29, 0.717) is 42.4 Å². The van der Waals surface area contributed by atoms with Crippen LogP contribution >= 0.6 is 0 Å². The Morgan fingerprint density at radius 1 is 1.09 bits per heavy atom. The number of nitrogens with one attached hydrogen (secondary N) is 1. The summed E-state index contributed by atoms with van der Waals surface area (Å²) in [4.78, 5) is 31.9. The highest BCUT2D eigenvalue weighted by atomic mass is 16.5. The summed E-state index contributed by atoms with van der Waals surface area (Å²) < 4.78 is 16.3.